The van der Waals surface area contributed by atoms with Crippen LogP contribution in [0, 0.1) is 0 Å². The molecule has 2 N–H and O–H groups in total. The van der Waals surface area contributed by atoms with E-state index in [-0.39, 0.29) is 18.2 Å². The van der Waals surface area contributed by atoms with Gasteiger partial charge in [-0.25, -0.2) is 4.68 Å². The lowest BCUT2D eigenvalue weighted by molar-refractivity contribution is -0.125. The van der Waals surface area contributed by atoms with Crippen LogP contribution in [0.15, 0.2) is 48.7 Å². The number of nitrogens with zero attached hydrogens (tertiary/aromatic N) is 2. The van der Waals surface area contributed by atoms with E-state index in [2.05, 4.69) is 15.7 Å². The summed E-state index contributed by atoms with van der Waals surface area (Å²) in [5.74, 6) is 0.622. The van der Waals surface area contributed by atoms with Crippen LogP contribution in [0.25, 0.3) is 5.69 Å². The first kappa shape index (κ1) is 16.8. The summed E-state index contributed by atoms with van der Waals surface area (Å²) in [4.78, 5) is 25.7. The molecule has 8 heteroatoms. The monoisotopic (exact) mass is 394 g/mol. The van der Waals surface area contributed by atoms with E-state index >= 15 is 0 Å². The molecule has 0 radical (unpaired) electrons. The van der Waals surface area contributed by atoms with Crippen molar-refractivity contribution in [3.63, 3.8) is 0 Å². The van der Waals surface area contributed by atoms with Crippen molar-refractivity contribution < 1.29 is 14.3 Å². The second kappa shape index (κ2) is 5.84. The Morgan fingerprint density at radius 3 is 2.68 bits per heavy atom. The number of halogens is 1. The molecule has 2 aliphatic rings. The fourth-order valence-electron chi connectivity index (χ4n) is 4.04. The molecule has 1 aromatic heterocycles. The maximum Gasteiger partial charge on any atom is 0.240 e. The maximum atomic E-state index is 13.1. The third kappa shape index (κ3) is 2.13. The maximum absolute atomic E-state index is 13.1. The zero-order valence-electron chi connectivity index (χ0n) is 14.8. The minimum atomic E-state index is -1.20. The average Bonchev–Trinajstić information content (AvgIpc) is 3.22. The van der Waals surface area contributed by atoms with Gasteiger partial charge in [0, 0.05) is 28.3 Å². The highest BCUT2D eigenvalue weighted by molar-refractivity contribution is 6.33. The molecule has 1 spiro atoms. The van der Waals surface area contributed by atoms with Gasteiger partial charge in [0.15, 0.2) is 0 Å². The first-order valence-electron chi connectivity index (χ1n) is 8.68. The van der Waals surface area contributed by atoms with Crippen LogP contribution >= 0.6 is 11.6 Å². The second-order valence-corrected chi connectivity index (χ2v) is 7.17. The fraction of sp³-hybridized carbons (Fsp3) is 0.150. The van der Waals surface area contributed by atoms with Gasteiger partial charge in [0.25, 0.3) is 0 Å². The molecule has 28 heavy (non-hydrogen) atoms. The summed E-state index contributed by atoms with van der Waals surface area (Å²) in [5.41, 5.74) is 1.39. The molecule has 2 aliphatic heterocycles. The van der Waals surface area contributed by atoms with Crippen molar-refractivity contribution in [1.29, 1.82) is 0 Å². The standard InChI is InChI=1S/C20H15ClN4O3/c1-28-12-7-5-11(6-8-12)25-18-13(10-22-25)20(9-16(26)24-18)17-14(21)3-2-4-15(17)23-19(20)27/h2-8,10H,9H2,1H3,(H,23,27)(H,24,26)/t20-/m1/s1. The predicted molar refractivity (Wildman–Crippen MR) is 104 cm³/mol. The van der Waals surface area contributed by atoms with E-state index < -0.39 is 5.41 Å². The van der Waals surface area contributed by atoms with Gasteiger partial charge in [0.1, 0.15) is 17.0 Å². The lowest BCUT2D eigenvalue weighted by atomic mass is 9.72. The van der Waals surface area contributed by atoms with Gasteiger partial charge in [-0.3, -0.25) is 9.59 Å². The number of anilines is 2. The Bertz CT molecular complexity index is 1140. The lowest BCUT2D eigenvalue weighted by Crippen LogP contribution is -2.43. The highest BCUT2D eigenvalue weighted by atomic mass is 35.5. The highest BCUT2D eigenvalue weighted by Gasteiger charge is 2.55. The van der Waals surface area contributed by atoms with E-state index in [4.69, 9.17) is 16.3 Å². The van der Waals surface area contributed by atoms with Crippen LogP contribution in [-0.4, -0.2) is 28.7 Å². The predicted octanol–water partition coefficient (Wildman–Crippen LogP) is 3.11. The second-order valence-electron chi connectivity index (χ2n) is 6.76. The van der Waals surface area contributed by atoms with E-state index in [1.54, 1.807) is 48.3 Å². The van der Waals surface area contributed by atoms with E-state index in [9.17, 15) is 9.59 Å². The van der Waals surface area contributed by atoms with Gasteiger partial charge >= 0.3 is 0 Å². The molecule has 0 unspecified atom stereocenters. The smallest absolute Gasteiger partial charge is 0.240 e. The molecule has 2 amide bonds. The summed E-state index contributed by atoms with van der Waals surface area (Å²) in [6.45, 7) is 0. The van der Waals surface area contributed by atoms with Gasteiger partial charge in [0.2, 0.25) is 11.8 Å². The molecule has 0 aliphatic carbocycles. The van der Waals surface area contributed by atoms with Crippen LogP contribution in [0.5, 0.6) is 5.75 Å². The van der Waals surface area contributed by atoms with Crippen molar-refractivity contribution in [3.05, 3.63) is 64.8 Å². The number of hydrogen-bond donors (Lipinski definition) is 2. The molecular formula is C20H15ClN4O3. The van der Waals surface area contributed by atoms with Crippen LogP contribution in [-0.2, 0) is 15.0 Å². The van der Waals surface area contributed by atoms with Gasteiger partial charge in [-0.15, -0.1) is 0 Å². The van der Waals surface area contributed by atoms with Crippen molar-refractivity contribution in [2.24, 2.45) is 0 Å². The molecule has 0 saturated carbocycles. The van der Waals surface area contributed by atoms with Gasteiger partial charge in [-0.2, -0.15) is 5.10 Å². The minimum absolute atomic E-state index is 0.0309. The quantitative estimate of drug-likeness (QED) is 0.699. The number of fused-ring (bicyclic) bond motifs is 4. The van der Waals surface area contributed by atoms with E-state index in [0.717, 1.165) is 5.69 Å². The summed E-state index contributed by atoms with van der Waals surface area (Å²) in [7, 11) is 1.59. The zero-order chi connectivity index (χ0) is 19.5. The topological polar surface area (TPSA) is 85.2 Å². The molecule has 0 bridgehead atoms. The summed E-state index contributed by atoms with van der Waals surface area (Å²) < 4.78 is 6.80. The molecule has 3 heterocycles. The summed E-state index contributed by atoms with van der Waals surface area (Å²) in [6, 6.07) is 12.5. The van der Waals surface area contributed by atoms with Gasteiger partial charge in [-0.05, 0) is 36.4 Å². The molecule has 2 aromatic carbocycles. The number of aromatic nitrogens is 2. The summed E-state index contributed by atoms with van der Waals surface area (Å²) in [6.07, 6.45) is 1.59. The number of nitrogens with one attached hydrogen (secondary N) is 2. The first-order valence-corrected chi connectivity index (χ1v) is 9.05. The largest absolute Gasteiger partial charge is 0.497 e. The number of ether oxygens (including phenoxy) is 1. The van der Waals surface area contributed by atoms with Gasteiger partial charge in [0.05, 0.1) is 19.0 Å². The van der Waals surface area contributed by atoms with Crippen molar-refractivity contribution in [2.45, 2.75) is 11.8 Å². The Balaban J connectivity index is 1.73. The molecule has 0 fully saturated rings. The summed E-state index contributed by atoms with van der Waals surface area (Å²) in [5, 5.41) is 10.6. The lowest BCUT2D eigenvalue weighted by Gasteiger charge is -2.32. The van der Waals surface area contributed by atoms with Crippen LogP contribution in [0.3, 0.4) is 0 Å². The SMILES string of the molecule is COc1ccc(-n2ncc3c2NC(=O)C[C@@]32C(=O)Nc3cccc(Cl)c32)cc1. The number of methoxy groups -OCH3 is 1. The summed E-state index contributed by atoms with van der Waals surface area (Å²) >= 11 is 6.46. The molecule has 7 nitrogen and oxygen atoms in total. The average molecular weight is 395 g/mol. The number of carbonyl (C=O) groups is 2. The Morgan fingerprint density at radius 2 is 1.93 bits per heavy atom. The Morgan fingerprint density at radius 1 is 1.14 bits per heavy atom. The van der Waals surface area contributed by atoms with Crippen molar-refractivity contribution in [3.8, 4) is 11.4 Å². The molecule has 3 aromatic rings. The highest BCUT2D eigenvalue weighted by Crippen LogP contribution is 2.52. The molecule has 5 rings (SSSR count). The molecular weight excluding hydrogens is 380 g/mol. The zero-order valence-corrected chi connectivity index (χ0v) is 15.6. The van der Waals surface area contributed by atoms with Crippen LogP contribution < -0.4 is 15.4 Å². The van der Waals surface area contributed by atoms with E-state index in [1.165, 1.54) is 0 Å². The van der Waals surface area contributed by atoms with Crippen LogP contribution in [0.1, 0.15) is 17.5 Å². The van der Waals surface area contributed by atoms with Crippen molar-refractivity contribution in [2.75, 3.05) is 17.7 Å². The Hall–Kier alpha value is -3.32. The first-order chi connectivity index (χ1) is 13.5. The molecule has 140 valence electrons. The van der Waals surface area contributed by atoms with Crippen molar-refractivity contribution in [1.82, 2.24) is 9.78 Å². The Kier molecular flexibility index (Phi) is 3.51. The number of hydrogen-bond acceptors (Lipinski definition) is 4. The molecule has 0 saturated heterocycles. The number of rotatable bonds is 2. The minimum Gasteiger partial charge on any atom is -0.497 e. The van der Waals surface area contributed by atoms with E-state index in [1.807, 2.05) is 12.1 Å². The number of amides is 2. The third-order valence-electron chi connectivity index (χ3n) is 5.31. The fourth-order valence-corrected chi connectivity index (χ4v) is 4.38. The number of carbonyl (C=O) groups excluding carboxylic acids is 2. The van der Waals surface area contributed by atoms with Crippen LogP contribution in [0.2, 0.25) is 5.02 Å². The van der Waals surface area contributed by atoms with Crippen LogP contribution in [0.4, 0.5) is 11.5 Å². The molecule has 1 atom stereocenters. The van der Waals surface area contributed by atoms with Gasteiger partial charge < -0.3 is 15.4 Å². The third-order valence-corrected chi connectivity index (χ3v) is 5.62. The van der Waals surface area contributed by atoms with Crippen molar-refractivity contribution >= 4 is 34.9 Å². The van der Waals surface area contributed by atoms with Gasteiger partial charge in [-0.1, -0.05) is 17.7 Å². The Labute approximate surface area is 165 Å². The number of benzene rings is 2. The normalized spacial score (nSPS) is 19.8. The van der Waals surface area contributed by atoms with E-state index in [0.29, 0.717) is 33.4 Å².